The van der Waals surface area contributed by atoms with Gasteiger partial charge < -0.3 is 24.4 Å². The van der Waals surface area contributed by atoms with Gasteiger partial charge in [-0.1, -0.05) is 37.3 Å². The predicted octanol–water partition coefficient (Wildman–Crippen LogP) is 3.40. The Morgan fingerprint density at radius 1 is 1.00 bits per heavy atom. The number of aromatic nitrogens is 2. The van der Waals surface area contributed by atoms with Crippen molar-refractivity contribution in [3.05, 3.63) is 66.6 Å². The molecular formula is C26H32N6O3. The molecule has 1 saturated heterocycles. The second-order valence-electron chi connectivity index (χ2n) is 8.53. The van der Waals surface area contributed by atoms with E-state index in [-0.39, 0.29) is 25.0 Å². The van der Waals surface area contributed by atoms with Gasteiger partial charge in [0.25, 0.3) is 0 Å². The standard InChI is InChI=1S/C26H32N6O3/c1-2-13-27-26(34)32(19-22-10-6-18-35-22)20-25(33)31-15-7-14-30(16-17-31)24-12-11-23(28-29-24)21-8-4-3-5-9-21/h3-6,8-12,18H,2,7,13-17,19-20H2,1H3,(H,27,34). The number of hydrogen-bond acceptors (Lipinski definition) is 6. The maximum absolute atomic E-state index is 13.1. The first kappa shape index (κ1) is 24.3. The van der Waals surface area contributed by atoms with E-state index in [1.807, 2.05) is 54.3 Å². The molecule has 3 aromatic rings. The second kappa shape index (κ2) is 12.0. The maximum Gasteiger partial charge on any atom is 0.318 e. The molecular weight excluding hydrogens is 444 g/mol. The molecule has 0 atom stereocenters. The molecule has 9 heteroatoms. The number of anilines is 1. The first-order chi connectivity index (χ1) is 17.1. The summed E-state index contributed by atoms with van der Waals surface area (Å²) in [4.78, 5) is 31.3. The van der Waals surface area contributed by atoms with Crippen LogP contribution in [-0.2, 0) is 11.3 Å². The molecule has 1 aliphatic heterocycles. The average molecular weight is 477 g/mol. The summed E-state index contributed by atoms with van der Waals surface area (Å²) in [6.07, 6.45) is 3.21. The first-order valence-corrected chi connectivity index (χ1v) is 12.1. The van der Waals surface area contributed by atoms with Crippen LogP contribution in [0.15, 0.2) is 65.3 Å². The van der Waals surface area contributed by atoms with Crippen LogP contribution in [0.4, 0.5) is 10.6 Å². The summed E-state index contributed by atoms with van der Waals surface area (Å²) < 4.78 is 5.40. The zero-order valence-electron chi connectivity index (χ0n) is 20.1. The Labute approximate surface area is 205 Å². The van der Waals surface area contributed by atoms with Crippen LogP contribution in [0.25, 0.3) is 11.3 Å². The third-order valence-electron chi connectivity index (χ3n) is 5.96. The molecule has 1 fully saturated rings. The van der Waals surface area contributed by atoms with Crippen LogP contribution in [0, 0.1) is 0 Å². The Balaban J connectivity index is 1.35. The topological polar surface area (TPSA) is 94.8 Å². The van der Waals surface area contributed by atoms with Crippen molar-refractivity contribution in [3.63, 3.8) is 0 Å². The maximum atomic E-state index is 13.1. The summed E-state index contributed by atoms with van der Waals surface area (Å²) in [6, 6.07) is 17.2. The van der Waals surface area contributed by atoms with E-state index >= 15 is 0 Å². The molecule has 0 saturated carbocycles. The first-order valence-electron chi connectivity index (χ1n) is 12.1. The highest BCUT2D eigenvalue weighted by molar-refractivity contribution is 5.84. The smallest absolute Gasteiger partial charge is 0.318 e. The summed E-state index contributed by atoms with van der Waals surface area (Å²) in [7, 11) is 0. The highest BCUT2D eigenvalue weighted by atomic mass is 16.3. The van der Waals surface area contributed by atoms with Crippen molar-refractivity contribution in [2.75, 3.05) is 44.2 Å². The molecule has 1 N–H and O–H groups in total. The van der Waals surface area contributed by atoms with Gasteiger partial charge in [-0.05, 0) is 37.1 Å². The van der Waals surface area contributed by atoms with Gasteiger partial charge in [-0.2, -0.15) is 0 Å². The quantitative estimate of drug-likeness (QED) is 0.536. The van der Waals surface area contributed by atoms with Gasteiger partial charge in [0.2, 0.25) is 5.91 Å². The Bertz CT molecular complexity index is 1070. The van der Waals surface area contributed by atoms with Gasteiger partial charge >= 0.3 is 6.03 Å². The molecule has 4 rings (SSSR count). The molecule has 3 heterocycles. The number of hydrogen-bond donors (Lipinski definition) is 1. The molecule has 2 aromatic heterocycles. The minimum absolute atomic E-state index is 0.00181. The normalized spacial score (nSPS) is 13.9. The third-order valence-corrected chi connectivity index (χ3v) is 5.96. The van der Waals surface area contributed by atoms with Crippen molar-refractivity contribution in [2.24, 2.45) is 0 Å². The van der Waals surface area contributed by atoms with Crippen LogP contribution in [0.2, 0.25) is 0 Å². The lowest BCUT2D eigenvalue weighted by atomic mass is 10.1. The number of amides is 3. The van der Waals surface area contributed by atoms with Gasteiger partial charge in [-0.3, -0.25) is 4.79 Å². The number of benzene rings is 1. The van der Waals surface area contributed by atoms with Crippen LogP contribution >= 0.6 is 0 Å². The van der Waals surface area contributed by atoms with Gasteiger partial charge in [-0.25, -0.2) is 4.79 Å². The van der Waals surface area contributed by atoms with E-state index in [0.717, 1.165) is 36.5 Å². The van der Waals surface area contributed by atoms with Crippen molar-refractivity contribution in [1.29, 1.82) is 0 Å². The third kappa shape index (κ3) is 6.59. The number of nitrogens with one attached hydrogen (secondary N) is 1. The van der Waals surface area contributed by atoms with E-state index in [9.17, 15) is 9.59 Å². The number of rotatable bonds is 8. The fourth-order valence-electron chi connectivity index (χ4n) is 4.05. The Kier molecular flexibility index (Phi) is 8.32. The van der Waals surface area contributed by atoms with E-state index in [1.54, 1.807) is 18.4 Å². The molecule has 0 aliphatic carbocycles. The van der Waals surface area contributed by atoms with Gasteiger partial charge in [0, 0.05) is 38.3 Å². The van der Waals surface area contributed by atoms with Crippen molar-refractivity contribution in [2.45, 2.75) is 26.3 Å². The number of nitrogens with zero attached hydrogens (tertiary/aromatic N) is 5. The van der Waals surface area contributed by atoms with Crippen LogP contribution in [0.1, 0.15) is 25.5 Å². The van der Waals surface area contributed by atoms with E-state index in [0.29, 0.717) is 31.9 Å². The summed E-state index contributed by atoms with van der Waals surface area (Å²) in [5.41, 5.74) is 1.86. The predicted molar refractivity (Wildman–Crippen MR) is 134 cm³/mol. The number of urea groups is 1. The summed E-state index contributed by atoms with van der Waals surface area (Å²) in [6.45, 7) is 5.44. The van der Waals surface area contributed by atoms with Crippen LogP contribution in [0.5, 0.6) is 0 Å². The summed E-state index contributed by atoms with van der Waals surface area (Å²) in [5.74, 6) is 1.37. The minimum atomic E-state index is -0.262. The zero-order valence-corrected chi connectivity index (χ0v) is 20.1. The largest absolute Gasteiger partial charge is 0.467 e. The monoisotopic (exact) mass is 476 g/mol. The molecule has 0 spiro atoms. The van der Waals surface area contributed by atoms with E-state index < -0.39 is 0 Å². The summed E-state index contributed by atoms with van der Waals surface area (Å²) in [5, 5.41) is 11.7. The number of carbonyl (C=O) groups is 2. The molecule has 0 unspecified atom stereocenters. The molecule has 1 aliphatic rings. The van der Waals surface area contributed by atoms with Crippen LogP contribution in [0.3, 0.4) is 0 Å². The van der Waals surface area contributed by atoms with Gasteiger partial charge in [0.1, 0.15) is 12.3 Å². The zero-order chi connectivity index (χ0) is 24.5. The molecule has 0 radical (unpaired) electrons. The van der Waals surface area contributed by atoms with Crippen LogP contribution < -0.4 is 10.2 Å². The summed E-state index contributed by atoms with van der Waals surface area (Å²) >= 11 is 0. The van der Waals surface area contributed by atoms with Gasteiger partial charge in [0.05, 0.1) is 18.5 Å². The molecule has 184 valence electrons. The van der Waals surface area contributed by atoms with E-state index in [1.165, 1.54) is 4.90 Å². The average Bonchev–Trinajstić information content (AvgIpc) is 3.28. The van der Waals surface area contributed by atoms with Gasteiger partial charge in [0.15, 0.2) is 5.82 Å². The molecule has 0 bridgehead atoms. The van der Waals surface area contributed by atoms with Crippen LogP contribution in [-0.4, -0.2) is 71.2 Å². The van der Waals surface area contributed by atoms with Crippen molar-refractivity contribution < 1.29 is 14.0 Å². The van der Waals surface area contributed by atoms with E-state index in [2.05, 4.69) is 20.4 Å². The minimum Gasteiger partial charge on any atom is -0.467 e. The molecule has 35 heavy (non-hydrogen) atoms. The molecule has 1 aromatic carbocycles. The number of carbonyl (C=O) groups excluding carboxylic acids is 2. The fraction of sp³-hybridized carbons (Fsp3) is 0.385. The van der Waals surface area contributed by atoms with Crippen molar-refractivity contribution in [3.8, 4) is 11.3 Å². The fourth-order valence-corrected chi connectivity index (χ4v) is 4.05. The lowest BCUT2D eigenvalue weighted by molar-refractivity contribution is -0.131. The Morgan fingerprint density at radius 3 is 2.57 bits per heavy atom. The van der Waals surface area contributed by atoms with Crippen molar-refractivity contribution >= 4 is 17.8 Å². The lowest BCUT2D eigenvalue weighted by Crippen LogP contribution is -2.47. The Hall–Kier alpha value is -3.88. The Morgan fingerprint density at radius 2 is 1.86 bits per heavy atom. The molecule has 9 nitrogen and oxygen atoms in total. The second-order valence-corrected chi connectivity index (χ2v) is 8.53. The highest BCUT2D eigenvalue weighted by Gasteiger charge is 2.24. The molecule has 3 amide bonds. The van der Waals surface area contributed by atoms with E-state index in [4.69, 9.17) is 4.42 Å². The lowest BCUT2D eigenvalue weighted by Gasteiger charge is -2.26. The van der Waals surface area contributed by atoms with Crippen molar-refractivity contribution in [1.82, 2.24) is 25.3 Å². The van der Waals surface area contributed by atoms with Gasteiger partial charge in [-0.15, -0.1) is 10.2 Å². The SMILES string of the molecule is CCCNC(=O)N(CC(=O)N1CCCN(c2ccc(-c3ccccc3)nn2)CC1)Cc1ccco1. The highest BCUT2D eigenvalue weighted by Crippen LogP contribution is 2.19. The number of furan rings is 1.